The van der Waals surface area contributed by atoms with Crippen LogP contribution < -0.4 is 4.74 Å². The van der Waals surface area contributed by atoms with E-state index in [-0.39, 0.29) is 5.75 Å². The summed E-state index contributed by atoms with van der Waals surface area (Å²) in [6.45, 7) is 3.58. The second kappa shape index (κ2) is 7.84. The fraction of sp³-hybridized carbons (Fsp3) is 0.240. The molecule has 3 aromatic rings. The van der Waals surface area contributed by atoms with Gasteiger partial charge < -0.3 is 9.84 Å². The highest BCUT2D eigenvalue weighted by Gasteiger charge is 2.33. The van der Waals surface area contributed by atoms with Crippen molar-refractivity contribution in [2.45, 2.75) is 6.04 Å². The highest BCUT2D eigenvalue weighted by atomic mass is 16.5. The summed E-state index contributed by atoms with van der Waals surface area (Å²) in [7, 11) is 1.55. The molecule has 1 N–H and O–H groups in total. The number of hydrogen-bond acceptors (Lipinski definition) is 5. The monoisotopic (exact) mass is 399 g/mol. The van der Waals surface area contributed by atoms with Crippen molar-refractivity contribution in [1.82, 2.24) is 9.91 Å². The maximum absolute atomic E-state index is 10.2. The molecule has 0 bridgehead atoms. The van der Waals surface area contributed by atoms with Gasteiger partial charge in [-0.3, -0.25) is 9.91 Å². The molecular formula is C25H25N3O2. The number of para-hydroxylation sites is 1. The number of aromatic hydroxyl groups is 1. The molecule has 5 heteroatoms. The number of rotatable bonds is 4. The van der Waals surface area contributed by atoms with Crippen molar-refractivity contribution in [2.24, 2.45) is 5.10 Å². The number of fused-ring (bicyclic) bond motifs is 3. The van der Waals surface area contributed by atoms with E-state index in [0.717, 1.165) is 26.2 Å². The third-order valence-electron chi connectivity index (χ3n) is 6.07. The van der Waals surface area contributed by atoms with Crippen molar-refractivity contribution in [1.29, 1.82) is 0 Å². The van der Waals surface area contributed by atoms with Gasteiger partial charge >= 0.3 is 0 Å². The number of phenols is 1. The van der Waals surface area contributed by atoms with Gasteiger partial charge in [0.25, 0.3) is 0 Å². The summed E-state index contributed by atoms with van der Waals surface area (Å²) in [5.74, 6) is 0.587. The molecule has 1 heterocycles. The molecule has 0 spiro atoms. The largest absolute Gasteiger partial charge is 0.504 e. The summed E-state index contributed by atoms with van der Waals surface area (Å²) in [5, 5.41) is 16.9. The zero-order valence-corrected chi connectivity index (χ0v) is 17.0. The SMILES string of the molecule is COc1cccc(/C=N\N2CCN(C3c4ccccc4-c4ccccc43)CC2)c1O. The summed E-state index contributed by atoms with van der Waals surface area (Å²) in [5.41, 5.74) is 6.17. The van der Waals surface area contributed by atoms with Crippen LogP contribution in [0.3, 0.4) is 0 Å². The lowest BCUT2D eigenvalue weighted by atomic mass is 10.0. The summed E-state index contributed by atoms with van der Waals surface area (Å²) < 4.78 is 5.17. The van der Waals surface area contributed by atoms with E-state index in [1.54, 1.807) is 19.4 Å². The Bertz CT molecular complexity index is 1040. The number of hydrazone groups is 1. The Morgan fingerprint density at radius 2 is 1.50 bits per heavy atom. The topological polar surface area (TPSA) is 48.3 Å². The molecule has 1 aliphatic carbocycles. The van der Waals surface area contributed by atoms with Crippen LogP contribution in [0.5, 0.6) is 11.5 Å². The van der Waals surface area contributed by atoms with Gasteiger partial charge in [0.05, 0.1) is 19.4 Å². The smallest absolute Gasteiger partial charge is 0.166 e. The molecule has 1 saturated heterocycles. The normalized spacial score (nSPS) is 16.6. The minimum Gasteiger partial charge on any atom is -0.504 e. The first-order valence-corrected chi connectivity index (χ1v) is 10.3. The predicted octanol–water partition coefficient (Wildman–Crippen LogP) is 4.12. The molecule has 5 rings (SSSR count). The van der Waals surface area contributed by atoms with Crippen molar-refractivity contribution in [3.05, 3.63) is 83.4 Å². The molecule has 2 aliphatic rings. The summed E-state index contributed by atoms with van der Waals surface area (Å²) in [4.78, 5) is 2.56. The lowest BCUT2D eigenvalue weighted by molar-refractivity contribution is 0.114. The minimum atomic E-state index is 0.126. The van der Waals surface area contributed by atoms with E-state index in [1.807, 2.05) is 12.1 Å². The Hall–Kier alpha value is -3.31. The molecule has 1 fully saturated rings. The van der Waals surface area contributed by atoms with Gasteiger partial charge in [0.1, 0.15) is 0 Å². The molecule has 3 aromatic carbocycles. The van der Waals surface area contributed by atoms with Gasteiger partial charge in [-0.05, 0) is 34.4 Å². The van der Waals surface area contributed by atoms with E-state index in [0.29, 0.717) is 17.4 Å². The minimum absolute atomic E-state index is 0.126. The zero-order chi connectivity index (χ0) is 20.5. The molecule has 30 heavy (non-hydrogen) atoms. The first-order chi connectivity index (χ1) is 14.8. The van der Waals surface area contributed by atoms with Gasteiger partial charge in [-0.1, -0.05) is 54.6 Å². The third kappa shape index (κ3) is 3.21. The molecular weight excluding hydrogens is 374 g/mol. The van der Waals surface area contributed by atoms with Crippen molar-refractivity contribution in [3.63, 3.8) is 0 Å². The first-order valence-electron chi connectivity index (χ1n) is 10.3. The van der Waals surface area contributed by atoms with Crippen molar-refractivity contribution < 1.29 is 9.84 Å². The fourth-order valence-corrected chi connectivity index (χ4v) is 4.56. The highest BCUT2D eigenvalue weighted by Crippen LogP contribution is 2.46. The molecule has 0 unspecified atom stereocenters. The lowest BCUT2D eigenvalue weighted by Crippen LogP contribution is -2.45. The van der Waals surface area contributed by atoms with Crippen LogP contribution in [0.4, 0.5) is 0 Å². The second-order valence-electron chi connectivity index (χ2n) is 7.71. The van der Waals surface area contributed by atoms with Crippen molar-refractivity contribution in [2.75, 3.05) is 33.3 Å². The number of ether oxygens (including phenoxy) is 1. The molecule has 0 saturated carbocycles. The van der Waals surface area contributed by atoms with Crippen LogP contribution in [0.2, 0.25) is 0 Å². The molecule has 1 aliphatic heterocycles. The molecule has 0 radical (unpaired) electrons. The van der Waals surface area contributed by atoms with Crippen LogP contribution in [-0.2, 0) is 0 Å². The number of nitrogens with zero attached hydrogens (tertiary/aromatic N) is 3. The van der Waals surface area contributed by atoms with Crippen LogP contribution in [0, 0.1) is 0 Å². The van der Waals surface area contributed by atoms with Crippen LogP contribution in [-0.4, -0.2) is 54.5 Å². The average molecular weight is 399 g/mol. The average Bonchev–Trinajstić information content (AvgIpc) is 3.13. The van der Waals surface area contributed by atoms with Crippen LogP contribution in [0.15, 0.2) is 71.8 Å². The Morgan fingerprint density at radius 1 is 0.867 bits per heavy atom. The number of methoxy groups -OCH3 is 1. The number of piperazine rings is 1. The van der Waals surface area contributed by atoms with Crippen LogP contribution in [0.25, 0.3) is 11.1 Å². The molecule has 152 valence electrons. The zero-order valence-electron chi connectivity index (χ0n) is 17.0. The molecule has 5 nitrogen and oxygen atoms in total. The highest BCUT2D eigenvalue weighted by molar-refractivity contribution is 5.84. The Kier molecular flexibility index (Phi) is 4.89. The van der Waals surface area contributed by atoms with E-state index in [4.69, 9.17) is 4.74 Å². The van der Waals surface area contributed by atoms with E-state index in [1.165, 1.54) is 22.3 Å². The van der Waals surface area contributed by atoms with Crippen molar-refractivity contribution in [3.8, 4) is 22.6 Å². The van der Waals surface area contributed by atoms with Gasteiger partial charge in [0.2, 0.25) is 0 Å². The maximum atomic E-state index is 10.2. The van der Waals surface area contributed by atoms with E-state index < -0.39 is 0 Å². The fourth-order valence-electron chi connectivity index (χ4n) is 4.56. The van der Waals surface area contributed by atoms with Gasteiger partial charge in [-0.2, -0.15) is 5.10 Å². The quantitative estimate of drug-likeness (QED) is 0.671. The molecule has 0 atom stereocenters. The number of phenolic OH excluding ortho intramolecular Hbond substituents is 1. The second-order valence-corrected chi connectivity index (χ2v) is 7.71. The Balaban J connectivity index is 1.31. The van der Waals surface area contributed by atoms with Crippen LogP contribution in [0.1, 0.15) is 22.7 Å². The van der Waals surface area contributed by atoms with Gasteiger partial charge in [-0.25, -0.2) is 0 Å². The lowest BCUT2D eigenvalue weighted by Gasteiger charge is -2.37. The molecule has 0 aromatic heterocycles. The predicted molar refractivity (Wildman–Crippen MR) is 119 cm³/mol. The Labute approximate surface area is 176 Å². The first kappa shape index (κ1) is 18.7. The Morgan fingerprint density at radius 3 is 2.13 bits per heavy atom. The summed E-state index contributed by atoms with van der Waals surface area (Å²) >= 11 is 0. The number of hydrogen-bond donors (Lipinski definition) is 1. The standard InChI is InChI=1S/C25H25N3O2/c1-30-23-12-6-7-18(25(23)29)17-26-28-15-13-27(14-16-28)24-21-10-4-2-8-19(21)20-9-3-5-11-22(20)24/h2-12,17,24,29H,13-16H2,1H3/b26-17-. The van der Waals surface area contributed by atoms with Crippen molar-refractivity contribution >= 4 is 6.21 Å². The number of benzene rings is 3. The van der Waals surface area contributed by atoms with Gasteiger partial charge in [0, 0.05) is 31.7 Å². The molecule has 0 amide bonds. The maximum Gasteiger partial charge on any atom is 0.166 e. The summed E-state index contributed by atoms with van der Waals surface area (Å²) in [6, 6.07) is 23.2. The van der Waals surface area contributed by atoms with Gasteiger partial charge in [-0.15, -0.1) is 0 Å². The van der Waals surface area contributed by atoms with E-state index in [9.17, 15) is 5.11 Å². The van der Waals surface area contributed by atoms with E-state index >= 15 is 0 Å². The summed E-state index contributed by atoms with van der Waals surface area (Å²) in [6.07, 6.45) is 1.72. The van der Waals surface area contributed by atoms with E-state index in [2.05, 4.69) is 63.5 Å². The van der Waals surface area contributed by atoms with Crippen LogP contribution >= 0.6 is 0 Å². The van der Waals surface area contributed by atoms with Gasteiger partial charge in [0.15, 0.2) is 11.5 Å². The third-order valence-corrected chi connectivity index (χ3v) is 6.07.